The van der Waals surface area contributed by atoms with Gasteiger partial charge >= 0.3 is 0 Å². The molecule has 0 bridgehead atoms. The Kier molecular flexibility index (Phi) is 5.09. The largest absolute Gasteiger partial charge is 0.496 e. The van der Waals surface area contributed by atoms with Crippen LogP contribution in [0.15, 0.2) is 40.9 Å². The lowest BCUT2D eigenvalue weighted by molar-refractivity contribution is 0.386. The molecule has 0 fully saturated rings. The highest BCUT2D eigenvalue weighted by Crippen LogP contribution is 2.33. The van der Waals surface area contributed by atoms with E-state index in [2.05, 4.69) is 15.9 Å². The van der Waals surface area contributed by atoms with Crippen LogP contribution in [0.1, 0.15) is 18.5 Å². The Bertz CT molecular complexity index is 607. The average molecular weight is 352 g/mol. The Morgan fingerprint density at radius 1 is 0.905 bits per heavy atom. The highest BCUT2D eigenvalue weighted by molar-refractivity contribution is 9.10. The summed E-state index contributed by atoms with van der Waals surface area (Å²) in [6.07, 6.45) is 0. The van der Waals surface area contributed by atoms with Gasteiger partial charge in [-0.25, -0.2) is 0 Å². The lowest BCUT2D eigenvalue weighted by atomic mass is 10.1. The van der Waals surface area contributed by atoms with E-state index in [1.807, 2.05) is 25.1 Å². The third kappa shape index (κ3) is 3.89. The molecule has 2 rings (SSSR count). The Morgan fingerprint density at radius 2 is 1.48 bits per heavy atom. The summed E-state index contributed by atoms with van der Waals surface area (Å²) in [4.78, 5) is 0. The number of hydrogen-bond acceptors (Lipinski definition) is 4. The molecule has 2 N–H and O–H groups in total. The van der Waals surface area contributed by atoms with Crippen LogP contribution in [0, 0.1) is 0 Å². The van der Waals surface area contributed by atoms with Crippen molar-refractivity contribution in [2.45, 2.75) is 13.0 Å². The molecule has 0 heterocycles. The zero-order valence-corrected chi connectivity index (χ0v) is 13.8. The second kappa shape index (κ2) is 6.83. The van der Waals surface area contributed by atoms with Crippen molar-refractivity contribution in [3.8, 4) is 23.0 Å². The smallest absolute Gasteiger partial charge is 0.134 e. The van der Waals surface area contributed by atoms with Crippen LogP contribution in [0.4, 0.5) is 0 Å². The third-order valence-corrected chi connectivity index (χ3v) is 3.71. The predicted octanol–water partition coefficient (Wildman–Crippen LogP) is 4.28. The van der Waals surface area contributed by atoms with E-state index < -0.39 is 0 Å². The van der Waals surface area contributed by atoms with Crippen LogP contribution in [0.5, 0.6) is 23.0 Å². The van der Waals surface area contributed by atoms with Gasteiger partial charge in [0.1, 0.15) is 23.0 Å². The van der Waals surface area contributed by atoms with Crippen LogP contribution in [0.3, 0.4) is 0 Å². The Hall–Kier alpha value is -1.72. The minimum absolute atomic E-state index is 0.0367. The fraction of sp³-hybridized carbons (Fsp3) is 0.250. The van der Waals surface area contributed by atoms with Gasteiger partial charge < -0.3 is 19.9 Å². The monoisotopic (exact) mass is 351 g/mol. The van der Waals surface area contributed by atoms with Crippen molar-refractivity contribution >= 4 is 15.9 Å². The van der Waals surface area contributed by atoms with Crippen LogP contribution in [-0.4, -0.2) is 14.2 Å². The molecule has 0 aliphatic rings. The zero-order chi connectivity index (χ0) is 15.4. The van der Waals surface area contributed by atoms with E-state index in [1.54, 1.807) is 32.4 Å². The first-order chi connectivity index (χ1) is 10.0. The van der Waals surface area contributed by atoms with Gasteiger partial charge in [-0.05, 0) is 24.6 Å². The second-order valence-corrected chi connectivity index (χ2v) is 5.48. The van der Waals surface area contributed by atoms with Gasteiger partial charge in [-0.15, -0.1) is 0 Å². The van der Waals surface area contributed by atoms with E-state index in [4.69, 9.17) is 19.9 Å². The molecule has 1 atom stereocenters. The van der Waals surface area contributed by atoms with Crippen molar-refractivity contribution in [1.29, 1.82) is 0 Å². The summed E-state index contributed by atoms with van der Waals surface area (Å²) in [5.74, 6) is 2.71. The van der Waals surface area contributed by atoms with Crippen molar-refractivity contribution in [3.05, 3.63) is 46.4 Å². The molecule has 0 amide bonds. The first-order valence-corrected chi connectivity index (χ1v) is 7.28. The fourth-order valence-corrected chi connectivity index (χ4v) is 2.64. The van der Waals surface area contributed by atoms with Crippen molar-refractivity contribution in [1.82, 2.24) is 0 Å². The normalized spacial score (nSPS) is 11.9. The maximum Gasteiger partial charge on any atom is 0.134 e. The average Bonchev–Trinajstić information content (AvgIpc) is 2.46. The van der Waals surface area contributed by atoms with Gasteiger partial charge in [-0.1, -0.05) is 22.0 Å². The number of rotatable bonds is 5. The predicted molar refractivity (Wildman–Crippen MR) is 86.4 cm³/mol. The van der Waals surface area contributed by atoms with Gasteiger partial charge in [-0.2, -0.15) is 0 Å². The number of ether oxygens (including phenoxy) is 3. The maximum absolute atomic E-state index is 5.89. The zero-order valence-electron chi connectivity index (χ0n) is 12.2. The number of nitrogens with two attached hydrogens (primary N) is 1. The SMILES string of the molecule is COc1cc(OC)cc(Oc2ccc(C(C)N)c(Br)c2)c1. The topological polar surface area (TPSA) is 53.7 Å². The van der Waals surface area contributed by atoms with Crippen LogP contribution in [-0.2, 0) is 0 Å². The molecule has 1 unspecified atom stereocenters. The van der Waals surface area contributed by atoms with Crippen LogP contribution >= 0.6 is 15.9 Å². The van der Waals surface area contributed by atoms with Crippen LogP contribution in [0.25, 0.3) is 0 Å². The minimum Gasteiger partial charge on any atom is -0.496 e. The van der Waals surface area contributed by atoms with E-state index in [9.17, 15) is 0 Å². The molecule has 0 radical (unpaired) electrons. The fourth-order valence-electron chi connectivity index (χ4n) is 1.92. The molecule has 0 spiro atoms. The molecule has 21 heavy (non-hydrogen) atoms. The van der Waals surface area contributed by atoms with Crippen molar-refractivity contribution < 1.29 is 14.2 Å². The summed E-state index contributed by atoms with van der Waals surface area (Å²) in [5, 5.41) is 0. The first kappa shape index (κ1) is 15.7. The van der Waals surface area contributed by atoms with Gasteiger partial charge in [0.2, 0.25) is 0 Å². The van der Waals surface area contributed by atoms with Gasteiger partial charge in [0.15, 0.2) is 0 Å². The molecule has 0 aromatic heterocycles. The van der Waals surface area contributed by atoms with Gasteiger partial charge in [0.25, 0.3) is 0 Å². The molecule has 0 aliphatic heterocycles. The van der Waals surface area contributed by atoms with Gasteiger partial charge in [-0.3, -0.25) is 0 Å². The summed E-state index contributed by atoms with van der Waals surface area (Å²) >= 11 is 3.51. The second-order valence-electron chi connectivity index (χ2n) is 4.62. The quantitative estimate of drug-likeness (QED) is 0.873. The van der Waals surface area contributed by atoms with Crippen LogP contribution in [0.2, 0.25) is 0 Å². The Labute approximate surface area is 132 Å². The number of hydrogen-bond donors (Lipinski definition) is 1. The highest BCUT2D eigenvalue weighted by atomic mass is 79.9. The van der Waals surface area contributed by atoms with Crippen molar-refractivity contribution in [2.75, 3.05) is 14.2 Å². The van der Waals surface area contributed by atoms with Crippen molar-refractivity contribution in [3.63, 3.8) is 0 Å². The van der Waals surface area contributed by atoms with E-state index in [0.717, 1.165) is 10.0 Å². The van der Waals surface area contributed by atoms with E-state index in [-0.39, 0.29) is 6.04 Å². The number of halogens is 1. The van der Waals surface area contributed by atoms with Crippen LogP contribution < -0.4 is 19.9 Å². The molecular weight excluding hydrogens is 334 g/mol. The van der Waals surface area contributed by atoms with E-state index in [0.29, 0.717) is 23.0 Å². The van der Waals surface area contributed by atoms with Gasteiger partial charge in [0.05, 0.1) is 14.2 Å². The van der Waals surface area contributed by atoms with Crippen molar-refractivity contribution in [2.24, 2.45) is 5.73 Å². The highest BCUT2D eigenvalue weighted by Gasteiger charge is 2.08. The van der Waals surface area contributed by atoms with E-state index in [1.165, 1.54) is 0 Å². The molecule has 0 aliphatic carbocycles. The molecule has 5 heteroatoms. The molecule has 0 saturated carbocycles. The summed E-state index contributed by atoms with van der Waals surface area (Å²) in [6.45, 7) is 1.94. The summed E-state index contributed by atoms with van der Waals surface area (Å²) in [6, 6.07) is 11.1. The summed E-state index contributed by atoms with van der Waals surface area (Å²) < 4.78 is 17.2. The number of benzene rings is 2. The molecule has 4 nitrogen and oxygen atoms in total. The third-order valence-electron chi connectivity index (χ3n) is 3.02. The van der Waals surface area contributed by atoms with Gasteiger partial charge in [0, 0.05) is 28.7 Å². The standard InChI is InChI=1S/C16H18BrNO3/c1-10(18)15-5-4-11(9-16(15)17)21-14-7-12(19-2)6-13(8-14)20-3/h4-10H,18H2,1-3H3. The molecule has 2 aromatic rings. The lowest BCUT2D eigenvalue weighted by Gasteiger charge is -2.12. The van der Waals surface area contributed by atoms with E-state index >= 15 is 0 Å². The first-order valence-electron chi connectivity index (χ1n) is 6.49. The number of methoxy groups -OCH3 is 2. The minimum atomic E-state index is -0.0367. The summed E-state index contributed by atoms with van der Waals surface area (Å²) in [7, 11) is 3.21. The maximum atomic E-state index is 5.89. The Balaban J connectivity index is 2.27. The molecular formula is C16H18BrNO3. The summed E-state index contributed by atoms with van der Waals surface area (Å²) in [5.41, 5.74) is 6.92. The lowest BCUT2D eigenvalue weighted by Crippen LogP contribution is -2.05. The molecule has 112 valence electrons. The molecule has 2 aromatic carbocycles. The molecule has 0 saturated heterocycles. The Morgan fingerprint density at radius 3 is 1.95 bits per heavy atom.